The Morgan fingerprint density at radius 2 is 1.59 bits per heavy atom. The van der Waals surface area contributed by atoms with Gasteiger partial charge in [0, 0.05) is 17.3 Å². The number of aromatic hydroxyl groups is 2. The van der Waals surface area contributed by atoms with Gasteiger partial charge in [0.1, 0.15) is 6.61 Å². The van der Waals surface area contributed by atoms with Crippen molar-refractivity contribution in [2.24, 2.45) is 0 Å². The number of ether oxygens (including phenoxy) is 2. The molecule has 1 unspecified atom stereocenters. The van der Waals surface area contributed by atoms with Crippen LogP contribution in [0.2, 0.25) is 0 Å². The van der Waals surface area contributed by atoms with Crippen LogP contribution in [0.15, 0.2) is 72.8 Å². The van der Waals surface area contributed by atoms with Gasteiger partial charge >= 0.3 is 0 Å². The van der Waals surface area contributed by atoms with E-state index in [0.717, 1.165) is 5.56 Å². The Balaban J connectivity index is 1.73. The highest BCUT2D eigenvalue weighted by Crippen LogP contribution is 2.43. The monoisotopic (exact) mass is 460 g/mol. The zero-order chi connectivity index (χ0) is 24.1. The molecular formula is C27H28N2O5. The first kappa shape index (κ1) is 23.0. The molecule has 0 aliphatic rings. The molecule has 1 atom stereocenters. The zero-order valence-electron chi connectivity index (χ0n) is 19.2. The average molecular weight is 461 g/mol. The average Bonchev–Trinajstić information content (AvgIpc) is 3.12. The maximum absolute atomic E-state index is 12.6. The van der Waals surface area contributed by atoms with Crippen molar-refractivity contribution in [3.05, 3.63) is 83.9 Å². The lowest BCUT2D eigenvalue weighted by Crippen LogP contribution is -2.26. The van der Waals surface area contributed by atoms with E-state index in [0.29, 0.717) is 41.0 Å². The van der Waals surface area contributed by atoms with E-state index in [4.69, 9.17) is 9.47 Å². The van der Waals surface area contributed by atoms with E-state index in [1.807, 2.05) is 43.3 Å². The van der Waals surface area contributed by atoms with Crippen molar-refractivity contribution in [1.29, 1.82) is 0 Å². The van der Waals surface area contributed by atoms with Crippen LogP contribution in [0, 0.1) is 0 Å². The summed E-state index contributed by atoms with van der Waals surface area (Å²) in [5.41, 5.74) is 1.71. The van der Waals surface area contributed by atoms with Gasteiger partial charge in [-0.2, -0.15) is 0 Å². The molecule has 0 aliphatic carbocycles. The van der Waals surface area contributed by atoms with Crippen LogP contribution < -0.4 is 14.8 Å². The summed E-state index contributed by atoms with van der Waals surface area (Å²) in [6.45, 7) is 2.70. The van der Waals surface area contributed by atoms with Gasteiger partial charge < -0.3 is 25.0 Å². The first-order valence-corrected chi connectivity index (χ1v) is 11.2. The van der Waals surface area contributed by atoms with Crippen molar-refractivity contribution < 1.29 is 24.5 Å². The molecule has 0 radical (unpaired) electrons. The number of nitrogens with zero attached hydrogens (tertiary/aromatic N) is 1. The van der Waals surface area contributed by atoms with Crippen LogP contribution in [0.5, 0.6) is 23.3 Å². The highest BCUT2D eigenvalue weighted by atomic mass is 16.5. The summed E-state index contributed by atoms with van der Waals surface area (Å²) < 4.78 is 12.9. The van der Waals surface area contributed by atoms with E-state index in [1.165, 1.54) is 4.57 Å². The second-order valence-corrected chi connectivity index (χ2v) is 7.92. The molecule has 0 aliphatic heterocycles. The van der Waals surface area contributed by atoms with Crippen LogP contribution in [0.25, 0.3) is 10.8 Å². The summed E-state index contributed by atoms with van der Waals surface area (Å²) in [4.78, 5) is 12.6. The standard InChI is InChI=1S/C27H28N2O5/c1-3-28-25(30)16-22(29-26(31)20-11-7-8-12-21(20)27(29)32)19-13-14-23(24(15-19)33-2)34-17-18-9-5-4-6-10-18/h4-15,22,31-32H,3,16-17H2,1-2H3,(H,28,30). The lowest BCUT2D eigenvalue weighted by atomic mass is 10.0. The molecule has 3 aromatic carbocycles. The summed E-state index contributed by atoms with van der Waals surface area (Å²) in [5, 5.41) is 25.7. The molecule has 1 amide bonds. The Labute approximate surface area is 198 Å². The third kappa shape index (κ3) is 4.64. The van der Waals surface area contributed by atoms with Gasteiger partial charge in [-0.3, -0.25) is 9.36 Å². The van der Waals surface area contributed by atoms with Crippen LogP contribution in [-0.4, -0.2) is 34.3 Å². The molecule has 7 heteroatoms. The second-order valence-electron chi connectivity index (χ2n) is 7.92. The van der Waals surface area contributed by atoms with Gasteiger partial charge in [-0.05, 0) is 42.3 Å². The molecule has 1 heterocycles. The Morgan fingerprint density at radius 1 is 0.941 bits per heavy atom. The highest BCUT2D eigenvalue weighted by molar-refractivity contribution is 5.93. The lowest BCUT2D eigenvalue weighted by molar-refractivity contribution is -0.121. The summed E-state index contributed by atoms with van der Waals surface area (Å²) in [5.74, 6) is 0.631. The van der Waals surface area contributed by atoms with Gasteiger partial charge in [0.15, 0.2) is 11.5 Å². The number of carbonyl (C=O) groups excluding carboxylic acids is 1. The summed E-state index contributed by atoms with van der Waals surface area (Å²) in [7, 11) is 1.55. The molecule has 0 bridgehead atoms. The maximum atomic E-state index is 12.6. The first-order chi connectivity index (χ1) is 16.5. The lowest BCUT2D eigenvalue weighted by Gasteiger charge is -2.22. The number of aromatic nitrogens is 1. The minimum absolute atomic E-state index is 0.0172. The Kier molecular flexibility index (Phi) is 6.92. The number of hydrogen-bond donors (Lipinski definition) is 3. The molecule has 7 nitrogen and oxygen atoms in total. The molecule has 34 heavy (non-hydrogen) atoms. The van der Waals surface area contributed by atoms with Gasteiger partial charge in [0.05, 0.1) is 19.6 Å². The second kappa shape index (κ2) is 10.2. The summed E-state index contributed by atoms with van der Waals surface area (Å²) in [6.07, 6.45) is 0.0172. The summed E-state index contributed by atoms with van der Waals surface area (Å²) in [6, 6.07) is 21.5. The van der Waals surface area contributed by atoms with Gasteiger partial charge in [-0.25, -0.2) is 0 Å². The van der Waals surface area contributed by atoms with Gasteiger partial charge in [-0.15, -0.1) is 0 Å². The first-order valence-electron chi connectivity index (χ1n) is 11.2. The minimum Gasteiger partial charge on any atom is -0.494 e. The molecule has 176 valence electrons. The van der Waals surface area contributed by atoms with Crippen molar-refractivity contribution in [3.63, 3.8) is 0 Å². The molecule has 0 saturated carbocycles. The number of rotatable bonds is 9. The SMILES string of the molecule is CCNC(=O)CC(c1ccc(OCc2ccccc2)c(OC)c1)n1c(O)c2ccccc2c1O. The Hall–Kier alpha value is -4.13. The highest BCUT2D eigenvalue weighted by Gasteiger charge is 2.27. The number of amides is 1. The minimum atomic E-state index is -0.670. The van der Waals surface area contributed by atoms with Crippen molar-refractivity contribution in [2.45, 2.75) is 26.0 Å². The normalized spacial score (nSPS) is 11.8. The number of methoxy groups -OCH3 is 1. The maximum Gasteiger partial charge on any atom is 0.222 e. The fourth-order valence-corrected chi connectivity index (χ4v) is 4.08. The Bertz CT molecular complexity index is 1240. The van der Waals surface area contributed by atoms with Crippen molar-refractivity contribution in [2.75, 3.05) is 13.7 Å². The topological polar surface area (TPSA) is 93.0 Å². The summed E-state index contributed by atoms with van der Waals surface area (Å²) >= 11 is 0. The van der Waals surface area contributed by atoms with Crippen LogP contribution in [0.3, 0.4) is 0 Å². The molecule has 0 fully saturated rings. The fraction of sp³-hybridized carbons (Fsp3) is 0.222. The van der Waals surface area contributed by atoms with Crippen LogP contribution >= 0.6 is 0 Å². The predicted molar refractivity (Wildman–Crippen MR) is 130 cm³/mol. The zero-order valence-corrected chi connectivity index (χ0v) is 19.2. The third-order valence-electron chi connectivity index (χ3n) is 5.74. The van der Waals surface area contributed by atoms with Gasteiger partial charge in [0.25, 0.3) is 0 Å². The van der Waals surface area contributed by atoms with Gasteiger partial charge in [0.2, 0.25) is 17.7 Å². The predicted octanol–water partition coefficient (Wildman–Crippen LogP) is 4.76. The largest absolute Gasteiger partial charge is 0.494 e. The smallest absolute Gasteiger partial charge is 0.222 e. The van der Waals surface area contributed by atoms with E-state index in [9.17, 15) is 15.0 Å². The number of carbonyl (C=O) groups is 1. The van der Waals surface area contributed by atoms with Crippen LogP contribution in [-0.2, 0) is 11.4 Å². The molecule has 0 spiro atoms. The molecule has 4 rings (SSSR count). The molecule has 3 N–H and O–H groups in total. The van der Waals surface area contributed by atoms with E-state index in [2.05, 4.69) is 5.32 Å². The van der Waals surface area contributed by atoms with E-state index in [1.54, 1.807) is 43.5 Å². The number of benzene rings is 3. The molecule has 0 saturated heterocycles. The number of hydrogen-bond acceptors (Lipinski definition) is 5. The van der Waals surface area contributed by atoms with E-state index < -0.39 is 6.04 Å². The number of nitrogens with one attached hydrogen (secondary N) is 1. The van der Waals surface area contributed by atoms with Crippen LogP contribution in [0.4, 0.5) is 0 Å². The Morgan fingerprint density at radius 3 is 2.21 bits per heavy atom. The van der Waals surface area contributed by atoms with Crippen LogP contribution in [0.1, 0.15) is 30.5 Å². The van der Waals surface area contributed by atoms with E-state index >= 15 is 0 Å². The fourth-order valence-electron chi connectivity index (χ4n) is 4.08. The van der Waals surface area contributed by atoms with Crippen molar-refractivity contribution >= 4 is 16.7 Å². The third-order valence-corrected chi connectivity index (χ3v) is 5.74. The van der Waals surface area contributed by atoms with Crippen molar-refractivity contribution in [1.82, 2.24) is 9.88 Å². The molecule has 4 aromatic rings. The van der Waals surface area contributed by atoms with E-state index in [-0.39, 0.29) is 24.1 Å². The number of fused-ring (bicyclic) bond motifs is 1. The van der Waals surface area contributed by atoms with Crippen molar-refractivity contribution in [3.8, 4) is 23.3 Å². The molecular weight excluding hydrogens is 432 g/mol. The van der Waals surface area contributed by atoms with Gasteiger partial charge in [-0.1, -0.05) is 48.5 Å². The quantitative estimate of drug-likeness (QED) is 0.335. The molecule has 1 aromatic heterocycles.